The van der Waals surface area contributed by atoms with Gasteiger partial charge in [-0.05, 0) is 26.3 Å². The van der Waals surface area contributed by atoms with Crippen LogP contribution in [0.5, 0.6) is 0 Å². The third kappa shape index (κ3) is 4.48. The lowest BCUT2D eigenvalue weighted by molar-refractivity contribution is -0.105. The summed E-state index contributed by atoms with van der Waals surface area (Å²) in [5.41, 5.74) is 0.475. The maximum atomic E-state index is 12.4. The summed E-state index contributed by atoms with van der Waals surface area (Å²) in [5.74, 6) is 0. The lowest BCUT2D eigenvalue weighted by atomic mass is 10.0. The Labute approximate surface area is 162 Å². The van der Waals surface area contributed by atoms with Crippen LogP contribution in [0.25, 0.3) is 5.57 Å². The first-order valence-electron chi connectivity index (χ1n) is 8.72. The number of carbonyl (C=O) groups excluding carboxylic acids is 2. The second kappa shape index (κ2) is 7.69. The highest BCUT2D eigenvalue weighted by Gasteiger charge is 2.43. The number of ether oxygens (including phenoxy) is 1. The number of urea groups is 1. The molecular weight excluding hydrogens is 368 g/mol. The molecular formula is C18H24N4O4S. The quantitative estimate of drug-likeness (QED) is 0.753. The van der Waals surface area contributed by atoms with E-state index in [2.05, 4.69) is 16.9 Å². The van der Waals surface area contributed by atoms with Crippen LogP contribution in [0.15, 0.2) is 24.9 Å². The van der Waals surface area contributed by atoms with Crippen molar-refractivity contribution in [3.63, 3.8) is 0 Å². The lowest BCUT2D eigenvalue weighted by Gasteiger charge is -2.23. The van der Waals surface area contributed by atoms with Crippen LogP contribution in [0, 0.1) is 0 Å². The third-order valence-electron chi connectivity index (χ3n) is 3.98. The molecule has 2 aliphatic rings. The third-order valence-corrected chi connectivity index (χ3v) is 5.02. The van der Waals surface area contributed by atoms with Gasteiger partial charge >= 0.3 is 12.1 Å². The van der Waals surface area contributed by atoms with Crippen molar-refractivity contribution >= 4 is 29.0 Å². The number of rotatable bonds is 6. The van der Waals surface area contributed by atoms with Gasteiger partial charge in [-0.2, -0.15) is 5.06 Å². The molecule has 1 N–H and O–H groups in total. The second-order valence-electron chi connectivity index (χ2n) is 7.25. The zero-order valence-corrected chi connectivity index (χ0v) is 16.5. The number of carbonyl (C=O) groups is 2. The molecule has 8 nitrogen and oxygen atoms in total. The monoisotopic (exact) mass is 392 g/mol. The molecule has 0 aromatic carbocycles. The van der Waals surface area contributed by atoms with Gasteiger partial charge in [0.1, 0.15) is 16.7 Å². The Morgan fingerprint density at radius 3 is 3.00 bits per heavy atom. The smallest absolute Gasteiger partial charge is 0.408 e. The SMILES string of the molecule is C=CCON1C(=O)N2CC=C(c3cnc(CNC(=O)OC(C)(C)C)s3)C1C2. The van der Waals surface area contributed by atoms with Crippen molar-refractivity contribution in [2.24, 2.45) is 0 Å². The van der Waals surface area contributed by atoms with Crippen molar-refractivity contribution in [2.75, 3.05) is 19.7 Å². The molecule has 27 heavy (non-hydrogen) atoms. The van der Waals surface area contributed by atoms with Crippen LogP contribution in [-0.2, 0) is 16.1 Å². The fourth-order valence-corrected chi connectivity index (χ4v) is 3.83. The van der Waals surface area contributed by atoms with Crippen molar-refractivity contribution in [3.05, 3.63) is 34.8 Å². The Bertz CT molecular complexity index is 768. The van der Waals surface area contributed by atoms with E-state index in [1.54, 1.807) is 17.2 Å². The first kappa shape index (κ1) is 19.4. The highest BCUT2D eigenvalue weighted by molar-refractivity contribution is 7.12. The Morgan fingerprint density at radius 1 is 1.52 bits per heavy atom. The molecule has 3 amide bonds. The van der Waals surface area contributed by atoms with Gasteiger partial charge in [0.2, 0.25) is 0 Å². The molecule has 0 saturated carbocycles. The van der Waals surface area contributed by atoms with E-state index in [1.165, 1.54) is 16.4 Å². The predicted octanol–water partition coefficient (Wildman–Crippen LogP) is 2.79. The minimum atomic E-state index is -0.541. The minimum absolute atomic E-state index is 0.135. The highest BCUT2D eigenvalue weighted by atomic mass is 32.1. The van der Waals surface area contributed by atoms with E-state index in [-0.39, 0.29) is 18.7 Å². The summed E-state index contributed by atoms with van der Waals surface area (Å²) in [6.45, 7) is 10.8. The lowest BCUT2D eigenvalue weighted by Crippen LogP contribution is -2.34. The molecule has 1 fully saturated rings. The fourth-order valence-electron chi connectivity index (χ4n) is 2.89. The largest absolute Gasteiger partial charge is 0.444 e. The number of nitrogens with zero attached hydrogens (tertiary/aromatic N) is 3. The number of hydrogen-bond acceptors (Lipinski definition) is 6. The van der Waals surface area contributed by atoms with Crippen molar-refractivity contribution in [1.29, 1.82) is 0 Å². The summed E-state index contributed by atoms with van der Waals surface area (Å²) in [4.78, 5) is 36.8. The van der Waals surface area contributed by atoms with E-state index in [0.717, 1.165) is 15.5 Å². The standard InChI is InChI=1S/C18H24N4O4S/c1-5-8-25-22-13-11-21(17(22)24)7-6-12(13)14-9-19-15(27-14)10-20-16(23)26-18(2,3)4/h5-6,9,13H,1,7-8,10-11H2,2-4H3,(H,20,23). The molecule has 1 aromatic heterocycles. The molecule has 2 bridgehead atoms. The predicted molar refractivity (Wildman–Crippen MR) is 102 cm³/mol. The van der Waals surface area contributed by atoms with Crippen LogP contribution >= 0.6 is 11.3 Å². The average molecular weight is 392 g/mol. The Morgan fingerprint density at radius 2 is 2.30 bits per heavy atom. The van der Waals surface area contributed by atoms with Crippen LogP contribution in [0.3, 0.4) is 0 Å². The summed E-state index contributed by atoms with van der Waals surface area (Å²) in [6, 6.07) is -0.303. The van der Waals surface area contributed by atoms with Crippen LogP contribution in [-0.4, -0.2) is 58.4 Å². The molecule has 9 heteroatoms. The Hall–Kier alpha value is -2.39. The molecule has 1 atom stereocenters. The molecule has 1 saturated heterocycles. The first-order chi connectivity index (χ1) is 12.8. The summed E-state index contributed by atoms with van der Waals surface area (Å²) in [5, 5.41) is 4.89. The number of fused-ring (bicyclic) bond motifs is 2. The molecule has 0 spiro atoms. The van der Waals surface area contributed by atoms with Crippen molar-refractivity contribution < 1.29 is 19.2 Å². The van der Waals surface area contributed by atoms with Gasteiger partial charge in [-0.25, -0.2) is 14.6 Å². The zero-order valence-electron chi connectivity index (χ0n) is 15.7. The van der Waals surface area contributed by atoms with E-state index in [9.17, 15) is 9.59 Å². The van der Waals surface area contributed by atoms with Gasteiger partial charge in [0.05, 0.1) is 24.6 Å². The first-order valence-corrected chi connectivity index (χ1v) is 9.54. The summed E-state index contributed by atoms with van der Waals surface area (Å²) < 4.78 is 5.23. The number of aromatic nitrogens is 1. The molecule has 0 aliphatic carbocycles. The normalized spacial score (nSPS) is 19.1. The second-order valence-corrected chi connectivity index (χ2v) is 8.36. The van der Waals surface area contributed by atoms with Crippen molar-refractivity contribution in [2.45, 2.75) is 39.0 Å². The minimum Gasteiger partial charge on any atom is -0.444 e. The van der Waals surface area contributed by atoms with Gasteiger partial charge in [-0.15, -0.1) is 17.9 Å². The molecule has 3 rings (SSSR count). The van der Waals surface area contributed by atoms with Crippen LogP contribution < -0.4 is 5.32 Å². The average Bonchev–Trinajstić information content (AvgIpc) is 3.15. The number of hydroxylamine groups is 2. The maximum Gasteiger partial charge on any atom is 0.408 e. The van der Waals surface area contributed by atoms with E-state index >= 15 is 0 Å². The molecule has 146 valence electrons. The Kier molecular flexibility index (Phi) is 5.52. The summed E-state index contributed by atoms with van der Waals surface area (Å²) in [7, 11) is 0. The molecule has 0 radical (unpaired) electrons. The van der Waals surface area contributed by atoms with Gasteiger partial charge in [-0.1, -0.05) is 12.2 Å². The summed E-state index contributed by atoms with van der Waals surface area (Å²) in [6.07, 6.45) is 4.94. The number of hydrogen-bond donors (Lipinski definition) is 1. The van der Waals surface area contributed by atoms with Gasteiger partial charge in [0.15, 0.2) is 0 Å². The van der Waals surface area contributed by atoms with Crippen LogP contribution in [0.4, 0.5) is 9.59 Å². The number of amides is 3. The highest BCUT2D eigenvalue weighted by Crippen LogP contribution is 2.35. The molecule has 1 unspecified atom stereocenters. The van der Waals surface area contributed by atoms with Gasteiger partial charge in [0.25, 0.3) is 0 Å². The van der Waals surface area contributed by atoms with Crippen LogP contribution in [0.2, 0.25) is 0 Å². The van der Waals surface area contributed by atoms with Gasteiger partial charge < -0.3 is 15.0 Å². The van der Waals surface area contributed by atoms with E-state index in [1.807, 2.05) is 26.8 Å². The van der Waals surface area contributed by atoms with E-state index in [4.69, 9.17) is 9.57 Å². The number of thiazole rings is 1. The van der Waals surface area contributed by atoms with Crippen LogP contribution in [0.1, 0.15) is 30.7 Å². The summed E-state index contributed by atoms with van der Waals surface area (Å²) >= 11 is 1.48. The Balaban J connectivity index is 1.65. The molecule has 1 aromatic rings. The van der Waals surface area contributed by atoms with E-state index < -0.39 is 11.7 Å². The van der Waals surface area contributed by atoms with Crippen molar-refractivity contribution in [3.8, 4) is 0 Å². The fraction of sp³-hybridized carbons (Fsp3) is 0.500. The van der Waals surface area contributed by atoms with E-state index in [0.29, 0.717) is 19.6 Å². The zero-order chi connectivity index (χ0) is 19.6. The van der Waals surface area contributed by atoms with Crippen molar-refractivity contribution in [1.82, 2.24) is 20.3 Å². The maximum absolute atomic E-state index is 12.4. The number of alkyl carbamates (subject to hydrolysis) is 1. The van der Waals surface area contributed by atoms with Gasteiger partial charge in [0, 0.05) is 12.7 Å². The molecule has 2 aliphatic heterocycles. The number of nitrogens with one attached hydrogen (secondary N) is 1. The molecule has 3 heterocycles. The van der Waals surface area contributed by atoms with Gasteiger partial charge in [-0.3, -0.25) is 4.84 Å². The topological polar surface area (TPSA) is 84.0 Å².